The second-order valence-corrected chi connectivity index (χ2v) is 8.27. The van der Waals surface area contributed by atoms with Crippen LogP contribution < -0.4 is 4.74 Å². The number of Topliss-reactive ketones (excluding diaryl/α,β-unsaturated/α-hetero) is 1. The lowest BCUT2D eigenvalue weighted by molar-refractivity contribution is -0.139. The zero-order valence-corrected chi connectivity index (χ0v) is 18.8. The number of aliphatic hydroxyl groups excluding tert-OH is 1. The Morgan fingerprint density at radius 1 is 1.10 bits per heavy atom. The van der Waals surface area contributed by atoms with Gasteiger partial charge in [0.2, 0.25) is 0 Å². The van der Waals surface area contributed by atoms with E-state index in [1.165, 1.54) is 7.11 Å². The molecule has 1 unspecified atom stereocenters. The first-order chi connectivity index (χ1) is 14.7. The van der Waals surface area contributed by atoms with E-state index in [-0.39, 0.29) is 11.3 Å². The minimum absolute atomic E-state index is 0.101. The maximum Gasteiger partial charge on any atom is 0.295 e. The Bertz CT molecular complexity index is 1030. The summed E-state index contributed by atoms with van der Waals surface area (Å²) in [5.74, 6) is -1.01. The molecule has 164 valence electrons. The lowest BCUT2D eigenvalue weighted by Gasteiger charge is -2.26. The summed E-state index contributed by atoms with van der Waals surface area (Å²) in [5.41, 5.74) is 3.24. The van der Waals surface area contributed by atoms with Crippen LogP contribution in [0.15, 0.2) is 48.0 Å². The van der Waals surface area contributed by atoms with Gasteiger partial charge in [0.1, 0.15) is 11.5 Å². The summed E-state index contributed by atoms with van der Waals surface area (Å²) in [6, 6.07) is 12.4. The van der Waals surface area contributed by atoms with E-state index < -0.39 is 17.7 Å². The molecule has 1 atom stereocenters. The number of methoxy groups -OCH3 is 1. The maximum absolute atomic E-state index is 13.1. The summed E-state index contributed by atoms with van der Waals surface area (Å²) in [7, 11) is 5.45. The first kappa shape index (κ1) is 22.6. The molecule has 0 aromatic heterocycles. The second-order valence-electron chi connectivity index (χ2n) is 8.27. The largest absolute Gasteiger partial charge is 0.507 e. The minimum Gasteiger partial charge on any atom is -0.507 e. The van der Waals surface area contributed by atoms with Crippen LogP contribution in [0.25, 0.3) is 5.76 Å². The number of benzene rings is 2. The molecule has 0 saturated carbocycles. The van der Waals surface area contributed by atoms with E-state index in [2.05, 4.69) is 0 Å². The highest BCUT2D eigenvalue weighted by Crippen LogP contribution is 2.41. The topological polar surface area (TPSA) is 70.1 Å². The number of nitrogens with zero attached hydrogens (tertiary/aromatic N) is 2. The van der Waals surface area contributed by atoms with Crippen LogP contribution in [-0.4, -0.2) is 60.9 Å². The van der Waals surface area contributed by atoms with Crippen molar-refractivity contribution in [2.45, 2.75) is 26.3 Å². The summed E-state index contributed by atoms with van der Waals surface area (Å²) in [6.45, 7) is 5.07. The van der Waals surface area contributed by atoms with Gasteiger partial charge >= 0.3 is 0 Å². The van der Waals surface area contributed by atoms with Gasteiger partial charge in [-0.2, -0.15) is 0 Å². The molecule has 6 heteroatoms. The predicted octanol–water partition coefficient (Wildman–Crippen LogP) is 3.69. The number of aryl methyl sites for hydroxylation is 2. The number of carbonyl (C=O) groups is 2. The van der Waals surface area contributed by atoms with Crippen LogP contribution in [0.2, 0.25) is 0 Å². The van der Waals surface area contributed by atoms with E-state index in [0.29, 0.717) is 17.9 Å². The fraction of sp³-hybridized carbons (Fsp3) is 0.360. The van der Waals surface area contributed by atoms with Crippen LogP contribution in [0, 0.1) is 13.8 Å². The fourth-order valence-electron chi connectivity index (χ4n) is 4.01. The second kappa shape index (κ2) is 9.35. The number of likely N-dealkylation sites (tertiary alicyclic amines) is 1. The number of amides is 1. The third kappa shape index (κ3) is 4.64. The van der Waals surface area contributed by atoms with Crippen molar-refractivity contribution in [3.05, 3.63) is 70.3 Å². The molecule has 0 spiro atoms. The number of hydrogen-bond acceptors (Lipinski definition) is 5. The molecule has 1 amide bonds. The molecule has 2 aromatic carbocycles. The fourth-order valence-corrected chi connectivity index (χ4v) is 4.01. The van der Waals surface area contributed by atoms with Crippen LogP contribution in [0.4, 0.5) is 0 Å². The molecule has 1 aliphatic heterocycles. The zero-order chi connectivity index (χ0) is 22.7. The molecule has 6 nitrogen and oxygen atoms in total. The Labute approximate surface area is 183 Å². The number of aliphatic hydroxyl groups is 1. The monoisotopic (exact) mass is 422 g/mol. The van der Waals surface area contributed by atoms with Crippen molar-refractivity contribution in [3.63, 3.8) is 0 Å². The Morgan fingerprint density at radius 2 is 1.81 bits per heavy atom. The standard InChI is InChI=1S/C25H30N2O4/c1-16-8-6-9-18(14-16)22-21(23(28)19-15-17(2)10-11-20(19)31-5)24(29)25(30)27(22)13-7-12-26(3)4/h6,8-11,14-15,22,28H,7,12-13H2,1-5H3/b23-21+. The highest BCUT2D eigenvalue weighted by atomic mass is 16.5. The van der Waals surface area contributed by atoms with E-state index in [1.54, 1.807) is 17.0 Å². The van der Waals surface area contributed by atoms with Crippen LogP contribution >= 0.6 is 0 Å². The van der Waals surface area contributed by atoms with Gasteiger partial charge in [0, 0.05) is 6.54 Å². The molecule has 1 N–H and O–H groups in total. The van der Waals surface area contributed by atoms with Gasteiger partial charge in [0.15, 0.2) is 0 Å². The van der Waals surface area contributed by atoms with E-state index in [1.807, 2.05) is 63.2 Å². The first-order valence-corrected chi connectivity index (χ1v) is 10.4. The highest BCUT2D eigenvalue weighted by molar-refractivity contribution is 6.46. The minimum atomic E-state index is -0.669. The number of rotatable bonds is 7. The van der Waals surface area contributed by atoms with Crippen molar-refractivity contribution < 1.29 is 19.4 Å². The molecule has 0 radical (unpaired) electrons. The quantitative estimate of drug-likeness (QED) is 0.419. The number of hydrogen-bond donors (Lipinski definition) is 1. The van der Waals surface area contributed by atoms with Gasteiger partial charge in [-0.3, -0.25) is 9.59 Å². The van der Waals surface area contributed by atoms with Crippen LogP contribution in [0.5, 0.6) is 5.75 Å². The van der Waals surface area contributed by atoms with Gasteiger partial charge in [-0.1, -0.05) is 41.5 Å². The van der Waals surface area contributed by atoms with Crippen molar-refractivity contribution in [2.75, 3.05) is 34.3 Å². The molecule has 1 aliphatic rings. The predicted molar refractivity (Wildman–Crippen MR) is 121 cm³/mol. The molecule has 3 rings (SSSR count). The normalized spacial score (nSPS) is 18.1. The van der Waals surface area contributed by atoms with Gasteiger partial charge in [0.05, 0.1) is 24.3 Å². The van der Waals surface area contributed by atoms with Gasteiger partial charge < -0.3 is 19.6 Å². The SMILES string of the molecule is COc1ccc(C)cc1/C(O)=C1\C(=O)C(=O)N(CCCN(C)C)C1c1cccc(C)c1. The molecule has 31 heavy (non-hydrogen) atoms. The lowest BCUT2D eigenvalue weighted by Crippen LogP contribution is -2.32. The Morgan fingerprint density at radius 3 is 2.45 bits per heavy atom. The van der Waals surface area contributed by atoms with Crippen LogP contribution in [-0.2, 0) is 9.59 Å². The lowest BCUT2D eigenvalue weighted by atomic mass is 9.93. The summed E-state index contributed by atoms with van der Waals surface area (Å²) in [6.07, 6.45) is 0.718. The van der Waals surface area contributed by atoms with Crippen molar-refractivity contribution in [1.29, 1.82) is 0 Å². The number of ketones is 1. The van der Waals surface area contributed by atoms with Crippen molar-refractivity contribution in [3.8, 4) is 5.75 Å². The average molecular weight is 423 g/mol. The van der Waals surface area contributed by atoms with Crippen LogP contribution in [0.1, 0.15) is 34.7 Å². The zero-order valence-electron chi connectivity index (χ0n) is 18.8. The number of ether oxygens (including phenoxy) is 1. The molecule has 0 aliphatic carbocycles. The smallest absolute Gasteiger partial charge is 0.295 e. The summed E-state index contributed by atoms with van der Waals surface area (Å²) < 4.78 is 5.41. The van der Waals surface area contributed by atoms with E-state index in [4.69, 9.17) is 4.74 Å². The Kier molecular flexibility index (Phi) is 6.81. The Balaban J connectivity index is 2.16. The van der Waals surface area contributed by atoms with Gasteiger partial charge in [0.25, 0.3) is 11.7 Å². The van der Waals surface area contributed by atoms with Crippen molar-refractivity contribution in [1.82, 2.24) is 9.80 Å². The molecule has 1 fully saturated rings. The van der Waals surface area contributed by atoms with Gasteiger partial charge in [-0.25, -0.2) is 0 Å². The third-order valence-electron chi connectivity index (χ3n) is 5.51. The molecular weight excluding hydrogens is 392 g/mol. The average Bonchev–Trinajstić information content (AvgIpc) is 2.98. The molecule has 0 bridgehead atoms. The highest BCUT2D eigenvalue weighted by Gasteiger charge is 2.46. The molecule has 1 heterocycles. The molecular formula is C25H30N2O4. The van der Waals surface area contributed by atoms with Crippen molar-refractivity contribution in [2.24, 2.45) is 0 Å². The Hall–Kier alpha value is -3.12. The first-order valence-electron chi connectivity index (χ1n) is 10.4. The van der Waals surface area contributed by atoms with E-state index in [0.717, 1.165) is 29.7 Å². The molecule has 2 aromatic rings. The molecule has 1 saturated heterocycles. The summed E-state index contributed by atoms with van der Waals surface area (Å²) >= 11 is 0. The van der Waals surface area contributed by atoms with E-state index in [9.17, 15) is 14.7 Å². The van der Waals surface area contributed by atoms with Gasteiger partial charge in [-0.05, 0) is 58.6 Å². The maximum atomic E-state index is 13.1. The number of carbonyl (C=O) groups excluding carboxylic acids is 2. The van der Waals surface area contributed by atoms with E-state index >= 15 is 0 Å². The third-order valence-corrected chi connectivity index (χ3v) is 5.51. The summed E-state index contributed by atoms with van der Waals surface area (Å²) in [4.78, 5) is 29.7. The van der Waals surface area contributed by atoms with Crippen molar-refractivity contribution >= 4 is 17.4 Å². The van der Waals surface area contributed by atoms with Crippen LogP contribution in [0.3, 0.4) is 0 Å². The van der Waals surface area contributed by atoms with Gasteiger partial charge in [-0.15, -0.1) is 0 Å². The summed E-state index contributed by atoms with van der Waals surface area (Å²) in [5, 5.41) is 11.3.